The summed E-state index contributed by atoms with van der Waals surface area (Å²) >= 11 is 0. The van der Waals surface area contributed by atoms with E-state index in [1.54, 1.807) is 6.20 Å². The van der Waals surface area contributed by atoms with E-state index in [0.29, 0.717) is 6.42 Å². The fourth-order valence-corrected chi connectivity index (χ4v) is 2.22. The van der Waals surface area contributed by atoms with Crippen LogP contribution in [-0.2, 0) is 23.1 Å². The third kappa shape index (κ3) is 3.08. The van der Waals surface area contributed by atoms with Gasteiger partial charge in [0.1, 0.15) is 5.82 Å². The molecule has 6 nitrogen and oxygen atoms in total. The van der Waals surface area contributed by atoms with Gasteiger partial charge in [-0.05, 0) is 19.9 Å². The first-order chi connectivity index (χ1) is 8.56. The van der Waals surface area contributed by atoms with E-state index in [0.717, 1.165) is 25.3 Å². The second kappa shape index (κ2) is 5.49. The average molecular weight is 253 g/mol. The van der Waals surface area contributed by atoms with Crippen molar-refractivity contribution in [3.63, 3.8) is 0 Å². The van der Waals surface area contributed by atoms with E-state index in [-0.39, 0.29) is 6.10 Å². The first-order valence-corrected chi connectivity index (χ1v) is 6.09. The first kappa shape index (κ1) is 13.0. The summed E-state index contributed by atoms with van der Waals surface area (Å²) in [7, 11) is 3.95. The highest BCUT2D eigenvalue weighted by Gasteiger charge is 2.30. The minimum Gasteiger partial charge on any atom is -0.479 e. The molecule has 0 bridgehead atoms. The van der Waals surface area contributed by atoms with E-state index in [1.165, 1.54) is 0 Å². The number of carbonyl (C=O) groups is 1. The number of aromatic nitrogens is 2. The molecule has 0 radical (unpaired) electrons. The molecule has 1 aromatic rings. The van der Waals surface area contributed by atoms with Gasteiger partial charge in [0.25, 0.3) is 0 Å². The normalized spacial score (nSPS) is 23.7. The van der Waals surface area contributed by atoms with Gasteiger partial charge in [0.05, 0.1) is 12.6 Å². The van der Waals surface area contributed by atoms with Crippen molar-refractivity contribution in [2.24, 2.45) is 7.05 Å². The van der Waals surface area contributed by atoms with E-state index in [1.807, 2.05) is 24.9 Å². The monoisotopic (exact) mass is 253 g/mol. The van der Waals surface area contributed by atoms with Crippen LogP contribution in [0.5, 0.6) is 0 Å². The topological polar surface area (TPSA) is 67.6 Å². The predicted molar refractivity (Wildman–Crippen MR) is 65.1 cm³/mol. The molecule has 1 aliphatic rings. The zero-order valence-corrected chi connectivity index (χ0v) is 10.7. The Balaban J connectivity index is 1.80. The molecule has 1 saturated heterocycles. The number of imidazole rings is 1. The molecule has 1 fully saturated rings. The number of aryl methyl sites for hydroxylation is 1. The van der Waals surface area contributed by atoms with Gasteiger partial charge in [-0.25, -0.2) is 9.78 Å². The Kier molecular flexibility index (Phi) is 3.98. The Bertz CT molecular complexity index is 418. The van der Waals surface area contributed by atoms with Gasteiger partial charge in [0, 0.05) is 26.0 Å². The molecule has 2 unspecified atom stereocenters. The summed E-state index contributed by atoms with van der Waals surface area (Å²) in [6, 6.07) is 0. The van der Waals surface area contributed by atoms with Crippen molar-refractivity contribution in [1.82, 2.24) is 14.5 Å². The Morgan fingerprint density at radius 1 is 1.67 bits per heavy atom. The second-order valence-electron chi connectivity index (χ2n) is 4.81. The lowest BCUT2D eigenvalue weighted by atomic mass is 10.2. The fraction of sp³-hybridized carbons (Fsp3) is 0.667. The molecule has 1 N–H and O–H groups in total. The Morgan fingerprint density at radius 2 is 2.44 bits per heavy atom. The number of ether oxygens (including phenoxy) is 1. The zero-order valence-electron chi connectivity index (χ0n) is 10.7. The fourth-order valence-electron chi connectivity index (χ4n) is 2.22. The molecule has 0 amide bonds. The Morgan fingerprint density at radius 3 is 3.00 bits per heavy atom. The van der Waals surface area contributed by atoms with E-state index in [9.17, 15) is 4.79 Å². The van der Waals surface area contributed by atoms with Crippen molar-refractivity contribution < 1.29 is 14.6 Å². The summed E-state index contributed by atoms with van der Waals surface area (Å²) in [5, 5.41) is 8.86. The van der Waals surface area contributed by atoms with Crippen LogP contribution in [0.15, 0.2) is 12.4 Å². The lowest BCUT2D eigenvalue weighted by molar-refractivity contribution is -0.149. The molecule has 1 aromatic heterocycles. The summed E-state index contributed by atoms with van der Waals surface area (Å²) < 4.78 is 7.45. The molecule has 0 aliphatic carbocycles. The van der Waals surface area contributed by atoms with Crippen molar-refractivity contribution in [3.05, 3.63) is 18.2 Å². The van der Waals surface area contributed by atoms with Gasteiger partial charge in [-0.3, -0.25) is 4.90 Å². The lowest BCUT2D eigenvalue weighted by Gasteiger charge is -2.20. The van der Waals surface area contributed by atoms with E-state index >= 15 is 0 Å². The van der Waals surface area contributed by atoms with Crippen LogP contribution >= 0.6 is 0 Å². The number of hydrogen-bond donors (Lipinski definition) is 1. The number of hydrogen-bond acceptors (Lipinski definition) is 4. The molecule has 2 heterocycles. The van der Waals surface area contributed by atoms with E-state index < -0.39 is 12.1 Å². The molecular weight excluding hydrogens is 234 g/mol. The standard InChI is InChI=1S/C12H19N3O3/c1-14(8-11-13-5-6-15(11)2)7-9-3-4-10(18-9)12(16)17/h5-6,9-10H,3-4,7-8H2,1-2H3,(H,16,17). The van der Waals surface area contributed by atoms with Crippen LogP contribution in [-0.4, -0.2) is 51.3 Å². The minimum absolute atomic E-state index is 0.0105. The average Bonchev–Trinajstić information content (AvgIpc) is 2.89. The van der Waals surface area contributed by atoms with Crippen LogP contribution in [0, 0.1) is 0 Å². The van der Waals surface area contributed by atoms with Crippen LogP contribution in [0.4, 0.5) is 0 Å². The van der Waals surface area contributed by atoms with E-state index in [4.69, 9.17) is 9.84 Å². The Labute approximate surface area is 106 Å². The second-order valence-corrected chi connectivity index (χ2v) is 4.81. The van der Waals surface area contributed by atoms with Crippen LogP contribution in [0.3, 0.4) is 0 Å². The minimum atomic E-state index is -0.857. The molecule has 100 valence electrons. The van der Waals surface area contributed by atoms with Crippen LogP contribution < -0.4 is 0 Å². The highest BCUT2D eigenvalue weighted by molar-refractivity contribution is 5.72. The number of carboxylic acids is 1. The lowest BCUT2D eigenvalue weighted by Crippen LogP contribution is -2.31. The van der Waals surface area contributed by atoms with Crippen LogP contribution in [0.2, 0.25) is 0 Å². The molecule has 2 atom stereocenters. The smallest absolute Gasteiger partial charge is 0.332 e. The van der Waals surface area contributed by atoms with Crippen molar-refractivity contribution in [2.45, 2.75) is 31.6 Å². The number of carboxylic acid groups (broad SMARTS) is 1. The third-order valence-corrected chi connectivity index (χ3v) is 3.23. The molecule has 6 heteroatoms. The largest absolute Gasteiger partial charge is 0.479 e. The maximum atomic E-state index is 10.8. The zero-order chi connectivity index (χ0) is 13.1. The number of nitrogens with zero attached hydrogens (tertiary/aromatic N) is 3. The van der Waals surface area contributed by atoms with Gasteiger partial charge in [-0.15, -0.1) is 0 Å². The Hall–Kier alpha value is -1.40. The third-order valence-electron chi connectivity index (χ3n) is 3.23. The van der Waals surface area contributed by atoms with Gasteiger partial charge in [-0.1, -0.05) is 0 Å². The van der Waals surface area contributed by atoms with E-state index in [2.05, 4.69) is 9.88 Å². The highest BCUT2D eigenvalue weighted by Crippen LogP contribution is 2.20. The molecule has 0 saturated carbocycles. The van der Waals surface area contributed by atoms with Gasteiger partial charge in [-0.2, -0.15) is 0 Å². The number of likely N-dealkylation sites (N-methyl/N-ethyl adjacent to an activating group) is 1. The molecular formula is C12H19N3O3. The molecule has 1 aliphatic heterocycles. The van der Waals surface area contributed by atoms with Crippen LogP contribution in [0.1, 0.15) is 18.7 Å². The summed E-state index contributed by atoms with van der Waals surface area (Å²) in [6.07, 6.45) is 4.48. The number of aliphatic carboxylic acids is 1. The molecule has 0 aromatic carbocycles. The summed E-state index contributed by atoms with van der Waals surface area (Å²) in [6.45, 7) is 1.47. The molecule has 2 rings (SSSR count). The summed E-state index contributed by atoms with van der Waals surface area (Å²) in [5.41, 5.74) is 0. The quantitative estimate of drug-likeness (QED) is 0.827. The predicted octanol–water partition coefficient (Wildman–Crippen LogP) is 0.484. The molecule has 18 heavy (non-hydrogen) atoms. The first-order valence-electron chi connectivity index (χ1n) is 6.09. The SMILES string of the molecule is CN(Cc1nccn1C)CC1CCC(C(=O)O)O1. The van der Waals surface area contributed by atoms with Crippen molar-refractivity contribution >= 4 is 5.97 Å². The molecule has 0 spiro atoms. The van der Waals surface area contributed by atoms with Crippen LogP contribution in [0.25, 0.3) is 0 Å². The van der Waals surface area contributed by atoms with Crippen molar-refractivity contribution in [1.29, 1.82) is 0 Å². The summed E-state index contributed by atoms with van der Waals surface area (Å²) in [4.78, 5) is 17.2. The maximum Gasteiger partial charge on any atom is 0.332 e. The van der Waals surface area contributed by atoms with Crippen molar-refractivity contribution in [3.8, 4) is 0 Å². The summed E-state index contributed by atoms with van der Waals surface area (Å²) in [5.74, 6) is 0.134. The van der Waals surface area contributed by atoms with Gasteiger partial charge in [0.15, 0.2) is 6.10 Å². The highest BCUT2D eigenvalue weighted by atomic mass is 16.5. The number of rotatable bonds is 5. The van der Waals surface area contributed by atoms with Gasteiger partial charge >= 0.3 is 5.97 Å². The van der Waals surface area contributed by atoms with Gasteiger partial charge < -0.3 is 14.4 Å². The van der Waals surface area contributed by atoms with Crippen molar-refractivity contribution in [2.75, 3.05) is 13.6 Å². The maximum absolute atomic E-state index is 10.8. The van der Waals surface area contributed by atoms with Gasteiger partial charge in [0.2, 0.25) is 0 Å².